The van der Waals surface area contributed by atoms with Crippen molar-refractivity contribution in [1.29, 1.82) is 0 Å². The fourth-order valence-electron chi connectivity index (χ4n) is 4.07. The Bertz CT molecular complexity index is 1350. The van der Waals surface area contributed by atoms with Gasteiger partial charge in [-0.3, -0.25) is 14.4 Å². The molecule has 7 nitrogen and oxygen atoms in total. The van der Waals surface area contributed by atoms with Gasteiger partial charge in [-0.25, -0.2) is 0 Å². The molecule has 1 amide bonds. The monoisotopic (exact) mass is 498 g/mol. The number of hydrogen-bond acceptors (Lipinski definition) is 5. The maximum atomic E-state index is 13.1. The Morgan fingerprint density at radius 2 is 1.54 bits per heavy atom. The zero-order chi connectivity index (χ0) is 26.4. The highest BCUT2D eigenvalue weighted by atomic mass is 16.4. The summed E-state index contributed by atoms with van der Waals surface area (Å²) in [6, 6.07) is 23.8. The van der Waals surface area contributed by atoms with E-state index in [4.69, 9.17) is 9.52 Å². The molecule has 1 atom stereocenters. The fourth-order valence-corrected chi connectivity index (χ4v) is 4.07. The molecule has 3 N–H and O–H groups in total. The minimum Gasteiger partial charge on any atom is -0.481 e. The second kappa shape index (κ2) is 11.6. The van der Waals surface area contributed by atoms with Gasteiger partial charge in [-0.1, -0.05) is 32.0 Å². The van der Waals surface area contributed by atoms with Crippen LogP contribution in [0.1, 0.15) is 43.5 Å². The Labute approximate surface area is 215 Å². The molecule has 1 aromatic heterocycles. The van der Waals surface area contributed by atoms with E-state index in [9.17, 15) is 14.4 Å². The Balaban J connectivity index is 1.37. The highest BCUT2D eigenvalue weighted by Crippen LogP contribution is 2.28. The first-order valence-electron chi connectivity index (χ1n) is 12.3. The molecule has 37 heavy (non-hydrogen) atoms. The lowest BCUT2D eigenvalue weighted by Crippen LogP contribution is -2.38. The van der Waals surface area contributed by atoms with Crippen molar-refractivity contribution in [2.24, 2.45) is 5.92 Å². The van der Waals surface area contributed by atoms with Gasteiger partial charge in [0.05, 0.1) is 0 Å². The first-order valence-corrected chi connectivity index (χ1v) is 12.3. The summed E-state index contributed by atoms with van der Waals surface area (Å²) in [5.74, 6) is -0.401. The fraction of sp³-hybridized carbons (Fsp3) is 0.233. The number of aliphatic carboxylic acids is 1. The number of rotatable bonds is 11. The molecular formula is C30H30N2O5. The number of carboxylic acids is 1. The average molecular weight is 499 g/mol. The number of furan rings is 1. The summed E-state index contributed by atoms with van der Waals surface area (Å²) in [6.45, 7) is 3.92. The van der Waals surface area contributed by atoms with E-state index >= 15 is 0 Å². The first kappa shape index (κ1) is 25.7. The van der Waals surface area contributed by atoms with Crippen molar-refractivity contribution in [3.8, 4) is 11.3 Å². The minimum atomic E-state index is -0.910. The summed E-state index contributed by atoms with van der Waals surface area (Å²) in [7, 11) is 0. The molecule has 4 aromatic rings. The summed E-state index contributed by atoms with van der Waals surface area (Å²) in [5.41, 5.74) is 3.67. The van der Waals surface area contributed by atoms with Crippen LogP contribution in [-0.2, 0) is 9.59 Å². The molecule has 0 aliphatic rings. The maximum Gasteiger partial charge on any atom is 0.303 e. The van der Waals surface area contributed by atoms with Gasteiger partial charge in [0.25, 0.3) is 0 Å². The van der Waals surface area contributed by atoms with Crippen LogP contribution < -0.4 is 10.6 Å². The van der Waals surface area contributed by atoms with Gasteiger partial charge in [0.2, 0.25) is 5.91 Å². The number of ketones is 1. The smallest absolute Gasteiger partial charge is 0.303 e. The predicted octanol–water partition coefficient (Wildman–Crippen LogP) is 6.61. The van der Waals surface area contributed by atoms with Gasteiger partial charge in [-0.2, -0.15) is 0 Å². The predicted molar refractivity (Wildman–Crippen MR) is 145 cm³/mol. The van der Waals surface area contributed by atoms with Crippen LogP contribution in [0.25, 0.3) is 22.3 Å². The van der Waals surface area contributed by atoms with Gasteiger partial charge in [0.15, 0.2) is 5.78 Å². The van der Waals surface area contributed by atoms with E-state index in [2.05, 4.69) is 10.6 Å². The molecule has 0 spiro atoms. The number of carboxylic acid groups (broad SMARTS) is 1. The van der Waals surface area contributed by atoms with E-state index in [-0.39, 0.29) is 30.4 Å². The van der Waals surface area contributed by atoms with E-state index in [0.29, 0.717) is 17.7 Å². The number of carbonyl (C=O) groups excluding carboxylic acids is 2. The van der Waals surface area contributed by atoms with Crippen LogP contribution in [0.5, 0.6) is 0 Å². The van der Waals surface area contributed by atoms with Crippen LogP contribution in [0, 0.1) is 5.92 Å². The Hall–Kier alpha value is -4.39. The van der Waals surface area contributed by atoms with Gasteiger partial charge in [-0.05, 0) is 73.0 Å². The molecular weight excluding hydrogens is 468 g/mol. The number of carbonyl (C=O) groups is 3. The lowest BCUT2D eigenvalue weighted by molar-refractivity contribution is -0.137. The molecule has 4 rings (SSSR count). The molecule has 190 valence electrons. The summed E-state index contributed by atoms with van der Waals surface area (Å²) < 4.78 is 5.92. The highest BCUT2D eigenvalue weighted by molar-refractivity contribution is 5.98. The lowest BCUT2D eigenvalue weighted by Gasteiger charge is -2.23. The van der Waals surface area contributed by atoms with E-state index in [1.54, 1.807) is 24.3 Å². The van der Waals surface area contributed by atoms with Gasteiger partial charge >= 0.3 is 5.97 Å². The van der Waals surface area contributed by atoms with Gasteiger partial charge in [0, 0.05) is 40.7 Å². The largest absolute Gasteiger partial charge is 0.481 e. The molecule has 0 fully saturated rings. The second-order valence-corrected chi connectivity index (χ2v) is 9.33. The van der Waals surface area contributed by atoms with Crippen LogP contribution in [0.15, 0.2) is 83.3 Å². The zero-order valence-corrected chi connectivity index (χ0v) is 20.9. The quantitative estimate of drug-likeness (QED) is 0.201. The maximum absolute atomic E-state index is 13.1. The molecule has 0 bridgehead atoms. The van der Waals surface area contributed by atoms with Crippen molar-refractivity contribution in [1.82, 2.24) is 0 Å². The van der Waals surface area contributed by atoms with Crippen LogP contribution in [0.4, 0.5) is 11.4 Å². The average Bonchev–Trinajstić information content (AvgIpc) is 3.32. The van der Waals surface area contributed by atoms with Crippen LogP contribution in [0.3, 0.4) is 0 Å². The number of hydrogen-bond donors (Lipinski definition) is 3. The molecule has 0 unspecified atom stereocenters. The number of para-hydroxylation sites is 1. The molecule has 0 aliphatic carbocycles. The highest BCUT2D eigenvalue weighted by Gasteiger charge is 2.22. The summed E-state index contributed by atoms with van der Waals surface area (Å²) >= 11 is 0. The van der Waals surface area contributed by atoms with E-state index in [1.807, 2.05) is 68.4 Å². The normalized spacial score (nSPS) is 11.9. The Kier molecular flexibility index (Phi) is 8.03. The van der Waals surface area contributed by atoms with Crippen molar-refractivity contribution in [3.05, 3.63) is 84.4 Å². The SMILES string of the molecule is CC(C)[C@H](Nc1ccc(C(=O)CCCC(=O)O)cc1)C(=O)Nc1ccc(-c2cc3ccccc3o2)cc1. The molecule has 3 aromatic carbocycles. The molecule has 0 saturated carbocycles. The van der Waals surface area contributed by atoms with E-state index in [0.717, 1.165) is 28.0 Å². The Morgan fingerprint density at radius 3 is 2.19 bits per heavy atom. The molecule has 0 saturated heterocycles. The number of amides is 1. The van der Waals surface area contributed by atoms with Crippen molar-refractivity contribution in [2.45, 2.75) is 39.2 Å². The first-order chi connectivity index (χ1) is 17.8. The van der Waals surface area contributed by atoms with Crippen LogP contribution in [-0.4, -0.2) is 28.8 Å². The second-order valence-electron chi connectivity index (χ2n) is 9.33. The number of nitrogens with one attached hydrogen (secondary N) is 2. The van der Waals surface area contributed by atoms with Crippen LogP contribution >= 0.6 is 0 Å². The third-order valence-corrected chi connectivity index (χ3v) is 6.14. The lowest BCUT2D eigenvalue weighted by atomic mass is 10.0. The van der Waals surface area contributed by atoms with E-state index in [1.165, 1.54) is 0 Å². The van der Waals surface area contributed by atoms with Crippen LogP contribution in [0.2, 0.25) is 0 Å². The van der Waals surface area contributed by atoms with Crippen molar-refractivity contribution in [3.63, 3.8) is 0 Å². The summed E-state index contributed by atoms with van der Waals surface area (Å²) in [6.07, 6.45) is 0.466. The minimum absolute atomic E-state index is 0.00662. The number of fused-ring (bicyclic) bond motifs is 1. The Morgan fingerprint density at radius 1 is 0.865 bits per heavy atom. The summed E-state index contributed by atoms with van der Waals surface area (Å²) in [5, 5.41) is 16.0. The summed E-state index contributed by atoms with van der Waals surface area (Å²) in [4.78, 5) is 36.0. The number of anilines is 2. The van der Waals surface area contributed by atoms with Gasteiger partial charge < -0.3 is 20.2 Å². The van der Waals surface area contributed by atoms with Crippen molar-refractivity contribution >= 4 is 40.0 Å². The standard InChI is InChI=1S/C30H30N2O5/c1-19(2)29(31-23-14-10-20(11-15-23)25(33)7-5-9-28(34)35)30(36)32-24-16-12-21(13-17-24)27-18-22-6-3-4-8-26(22)37-27/h3-4,6,8,10-19,29,31H,5,7,9H2,1-2H3,(H,32,36)(H,34,35)/t29-/m0/s1. The van der Waals surface area contributed by atoms with Crippen molar-refractivity contribution in [2.75, 3.05) is 10.6 Å². The van der Waals surface area contributed by atoms with Gasteiger partial charge in [-0.15, -0.1) is 0 Å². The third kappa shape index (κ3) is 6.64. The molecule has 7 heteroatoms. The third-order valence-electron chi connectivity index (χ3n) is 6.14. The number of benzene rings is 3. The number of Topliss-reactive ketones (excluding diaryl/α,β-unsaturated/α-hetero) is 1. The van der Waals surface area contributed by atoms with Gasteiger partial charge in [0.1, 0.15) is 17.4 Å². The molecule has 0 aliphatic heterocycles. The molecule has 1 heterocycles. The van der Waals surface area contributed by atoms with E-state index < -0.39 is 12.0 Å². The topological polar surface area (TPSA) is 109 Å². The molecule has 0 radical (unpaired) electrons. The zero-order valence-electron chi connectivity index (χ0n) is 20.9. The van der Waals surface area contributed by atoms with Crippen molar-refractivity contribution < 1.29 is 23.9 Å².